The molecule has 0 aliphatic carbocycles. The highest BCUT2D eigenvalue weighted by Crippen LogP contribution is 2.36. The summed E-state index contributed by atoms with van der Waals surface area (Å²) in [5, 5.41) is 5.27. The molecule has 2 N–H and O–H groups in total. The normalized spacial score (nSPS) is 16.2. The minimum Gasteiger partial charge on any atom is -0.495 e. The van der Waals surface area contributed by atoms with E-state index in [1.165, 1.54) is 51.2 Å². The number of amides is 2. The Morgan fingerprint density at radius 1 is 1.21 bits per heavy atom. The van der Waals surface area contributed by atoms with Crippen LogP contribution in [0.2, 0.25) is 0 Å². The molecule has 2 aromatic carbocycles. The zero-order valence-corrected chi connectivity index (χ0v) is 18.0. The highest BCUT2D eigenvalue weighted by Gasteiger charge is 2.24. The van der Waals surface area contributed by atoms with Gasteiger partial charge in [-0.05, 0) is 43.3 Å². The fourth-order valence-corrected chi connectivity index (χ4v) is 4.56. The first-order valence-electron chi connectivity index (χ1n) is 8.67. The van der Waals surface area contributed by atoms with Gasteiger partial charge in [-0.3, -0.25) is 9.59 Å². The molecule has 0 bridgehead atoms. The van der Waals surface area contributed by atoms with E-state index in [0.29, 0.717) is 17.0 Å². The first-order valence-corrected chi connectivity index (χ1v) is 11.0. The number of thioether (sulfide) groups is 1. The number of ether oxygens (including phenoxy) is 1. The quantitative estimate of drug-likeness (QED) is 0.748. The third kappa shape index (κ3) is 4.24. The Morgan fingerprint density at radius 3 is 2.59 bits per heavy atom. The van der Waals surface area contributed by atoms with Crippen molar-refractivity contribution in [2.45, 2.75) is 22.0 Å². The topological polar surface area (TPSA) is 105 Å². The van der Waals surface area contributed by atoms with Crippen LogP contribution >= 0.6 is 11.8 Å². The summed E-state index contributed by atoms with van der Waals surface area (Å²) in [6.07, 6.45) is 0. The highest BCUT2D eigenvalue weighted by atomic mass is 32.2. The van der Waals surface area contributed by atoms with Crippen LogP contribution in [-0.2, 0) is 14.8 Å². The van der Waals surface area contributed by atoms with Crippen molar-refractivity contribution in [1.29, 1.82) is 0 Å². The standard InChI is InChI=1S/C19H21N3O5S2/c1-11-18(23)21-15-9-12(5-8-17(15)28-11)19(24)20-14-10-13(6-7-16(14)27-4)29(25,26)22(2)3/h5-11H,1-4H3,(H,20,24)(H,21,23)/t11-/m0/s1. The van der Waals surface area contributed by atoms with Crippen molar-refractivity contribution in [3.63, 3.8) is 0 Å². The zero-order chi connectivity index (χ0) is 21.3. The molecule has 29 heavy (non-hydrogen) atoms. The molecular weight excluding hydrogens is 414 g/mol. The van der Waals surface area contributed by atoms with Crippen LogP contribution in [0, 0.1) is 0 Å². The molecule has 0 aromatic heterocycles. The van der Waals surface area contributed by atoms with Crippen molar-refractivity contribution in [3.05, 3.63) is 42.0 Å². The molecule has 1 heterocycles. The Balaban J connectivity index is 1.91. The molecule has 2 amide bonds. The molecule has 0 radical (unpaired) electrons. The van der Waals surface area contributed by atoms with E-state index in [1.807, 2.05) is 6.92 Å². The highest BCUT2D eigenvalue weighted by molar-refractivity contribution is 8.01. The van der Waals surface area contributed by atoms with Crippen LogP contribution < -0.4 is 15.4 Å². The molecule has 0 unspecified atom stereocenters. The van der Waals surface area contributed by atoms with Crippen LogP contribution in [0.3, 0.4) is 0 Å². The number of hydrogen-bond donors (Lipinski definition) is 2. The average molecular weight is 436 g/mol. The molecule has 0 saturated carbocycles. The fraction of sp³-hybridized carbons (Fsp3) is 0.263. The Bertz CT molecular complexity index is 1080. The second-order valence-corrected chi connectivity index (χ2v) is 10.1. The number of rotatable bonds is 5. The molecule has 1 aliphatic heterocycles. The lowest BCUT2D eigenvalue weighted by Crippen LogP contribution is -2.26. The fourth-order valence-electron chi connectivity index (χ4n) is 2.70. The van der Waals surface area contributed by atoms with Gasteiger partial charge in [0.25, 0.3) is 5.91 Å². The Morgan fingerprint density at radius 2 is 1.93 bits per heavy atom. The summed E-state index contributed by atoms with van der Waals surface area (Å²) in [5.41, 5.74) is 1.12. The number of sulfonamides is 1. The Labute approximate surface area is 173 Å². The molecule has 10 heteroatoms. The smallest absolute Gasteiger partial charge is 0.255 e. The first-order chi connectivity index (χ1) is 13.6. The van der Waals surface area contributed by atoms with Crippen molar-refractivity contribution in [3.8, 4) is 5.75 Å². The lowest BCUT2D eigenvalue weighted by Gasteiger charge is -2.21. The molecule has 1 atom stereocenters. The van der Waals surface area contributed by atoms with Gasteiger partial charge in [-0.25, -0.2) is 12.7 Å². The molecule has 0 fully saturated rings. The molecule has 2 aromatic rings. The number of fused-ring (bicyclic) bond motifs is 1. The van der Waals surface area contributed by atoms with Crippen molar-refractivity contribution in [1.82, 2.24) is 4.31 Å². The molecular formula is C19H21N3O5S2. The third-order valence-electron chi connectivity index (χ3n) is 4.37. The van der Waals surface area contributed by atoms with Gasteiger partial charge in [-0.2, -0.15) is 0 Å². The lowest BCUT2D eigenvalue weighted by molar-refractivity contribution is -0.115. The predicted molar refractivity (Wildman–Crippen MR) is 112 cm³/mol. The number of carbonyl (C=O) groups is 2. The molecule has 8 nitrogen and oxygen atoms in total. The molecule has 0 saturated heterocycles. The second-order valence-electron chi connectivity index (χ2n) is 6.56. The van der Waals surface area contributed by atoms with Gasteiger partial charge in [0.15, 0.2) is 0 Å². The maximum Gasteiger partial charge on any atom is 0.255 e. The zero-order valence-electron chi connectivity index (χ0n) is 16.3. The van der Waals surface area contributed by atoms with Gasteiger partial charge in [0.1, 0.15) is 5.75 Å². The van der Waals surface area contributed by atoms with E-state index in [9.17, 15) is 18.0 Å². The van der Waals surface area contributed by atoms with Gasteiger partial charge in [-0.15, -0.1) is 11.8 Å². The van der Waals surface area contributed by atoms with E-state index in [-0.39, 0.29) is 21.7 Å². The van der Waals surface area contributed by atoms with E-state index in [4.69, 9.17) is 4.74 Å². The van der Waals surface area contributed by atoms with Crippen LogP contribution in [0.25, 0.3) is 0 Å². The molecule has 1 aliphatic rings. The maximum absolute atomic E-state index is 12.8. The Hall–Kier alpha value is -2.56. The predicted octanol–water partition coefficient (Wildman–Crippen LogP) is 2.63. The van der Waals surface area contributed by atoms with E-state index in [0.717, 1.165) is 9.20 Å². The number of hydrogen-bond acceptors (Lipinski definition) is 6. The SMILES string of the molecule is COc1ccc(S(=O)(=O)N(C)C)cc1NC(=O)c1ccc2c(c1)NC(=O)[C@H](C)S2. The van der Waals surface area contributed by atoms with E-state index >= 15 is 0 Å². The second kappa shape index (κ2) is 8.05. The average Bonchev–Trinajstić information content (AvgIpc) is 2.68. The molecule has 154 valence electrons. The van der Waals surface area contributed by atoms with Gasteiger partial charge in [-0.1, -0.05) is 0 Å². The van der Waals surface area contributed by atoms with Crippen LogP contribution in [0.15, 0.2) is 46.2 Å². The summed E-state index contributed by atoms with van der Waals surface area (Å²) in [5.74, 6) is -0.251. The number of methoxy groups -OCH3 is 1. The van der Waals surface area contributed by atoms with Crippen molar-refractivity contribution < 1.29 is 22.7 Å². The van der Waals surface area contributed by atoms with Gasteiger partial charge in [0, 0.05) is 24.6 Å². The van der Waals surface area contributed by atoms with E-state index in [1.54, 1.807) is 18.2 Å². The summed E-state index contributed by atoms with van der Waals surface area (Å²) in [7, 11) is 0.614. The largest absolute Gasteiger partial charge is 0.495 e. The van der Waals surface area contributed by atoms with E-state index in [2.05, 4.69) is 10.6 Å². The number of nitrogens with zero attached hydrogens (tertiary/aromatic N) is 1. The third-order valence-corrected chi connectivity index (χ3v) is 7.36. The van der Waals surface area contributed by atoms with Gasteiger partial charge in [0.05, 0.1) is 28.6 Å². The number of carbonyl (C=O) groups excluding carboxylic acids is 2. The van der Waals surface area contributed by atoms with Crippen LogP contribution in [0.4, 0.5) is 11.4 Å². The number of nitrogens with one attached hydrogen (secondary N) is 2. The molecule has 3 rings (SSSR count). The summed E-state index contributed by atoms with van der Waals surface area (Å²) in [4.78, 5) is 25.6. The molecule has 0 spiro atoms. The van der Waals surface area contributed by atoms with Crippen LogP contribution in [0.1, 0.15) is 17.3 Å². The Kier molecular flexibility index (Phi) is 5.87. The number of anilines is 2. The summed E-state index contributed by atoms with van der Waals surface area (Å²) in [6, 6.07) is 9.26. The monoisotopic (exact) mass is 435 g/mol. The van der Waals surface area contributed by atoms with Gasteiger partial charge in [0.2, 0.25) is 15.9 Å². The summed E-state index contributed by atoms with van der Waals surface area (Å²) in [6.45, 7) is 1.81. The van der Waals surface area contributed by atoms with Crippen molar-refractivity contribution in [2.24, 2.45) is 0 Å². The number of benzene rings is 2. The maximum atomic E-state index is 12.8. The summed E-state index contributed by atoms with van der Waals surface area (Å²) < 4.78 is 31.1. The van der Waals surface area contributed by atoms with Crippen molar-refractivity contribution in [2.75, 3.05) is 31.8 Å². The lowest BCUT2D eigenvalue weighted by atomic mass is 10.1. The van der Waals surface area contributed by atoms with Crippen LogP contribution in [0.5, 0.6) is 5.75 Å². The first kappa shape index (κ1) is 21.2. The van der Waals surface area contributed by atoms with E-state index < -0.39 is 15.9 Å². The minimum atomic E-state index is -3.67. The van der Waals surface area contributed by atoms with Gasteiger partial charge < -0.3 is 15.4 Å². The van der Waals surface area contributed by atoms with Crippen molar-refractivity contribution >= 4 is 45.0 Å². The summed E-state index contributed by atoms with van der Waals surface area (Å²) >= 11 is 1.42. The minimum absolute atomic E-state index is 0.0293. The van der Waals surface area contributed by atoms with Crippen LogP contribution in [-0.4, -0.2) is 51.0 Å². The van der Waals surface area contributed by atoms with Gasteiger partial charge >= 0.3 is 0 Å².